The van der Waals surface area contributed by atoms with Crippen LogP contribution in [0.2, 0.25) is 0 Å². The Balaban J connectivity index is 1.21. The third-order valence-corrected chi connectivity index (χ3v) is 6.89. The van der Waals surface area contributed by atoms with E-state index in [1.165, 1.54) is 25.7 Å². The third kappa shape index (κ3) is 4.74. The second-order valence-electron chi connectivity index (χ2n) is 8.66. The fourth-order valence-electron chi connectivity index (χ4n) is 5.11. The molecule has 2 heterocycles. The number of carbonyl (C=O) groups is 2. The van der Waals surface area contributed by atoms with Crippen molar-refractivity contribution in [3.8, 4) is 5.75 Å². The summed E-state index contributed by atoms with van der Waals surface area (Å²) in [6.07, 6.45) is 7.30. The molecule has 3 atom stereocenters. The number of carbonyl (C=O) groups excluding carboxylic acids is 2. The second-order valence-corrected chi connectivity index (χ2v) is 8.66. The largest absolute Gasteiger partial charge is 0.497 e. The normalized spacial score (nSPS) is 26.9. The number of methoxy groups -OCH3 is 1. The molecule has 158 valence electrons. The van der Waals surface area contributed by atoms with Gasteiger partial charge in [0.15, 0.2) is 0 Å². The number of hydrogen-bond acceptors (Lipinski definition) is 4. The Morgan fingerprint density at radius 3 is 2.41 bits per heavy atom. The van der Waals surface area contributed by atoms with Gasteiger partial charge in [0.25, 0.3) is 0 Å². The molecule has 1 aliphatic carbocycles. The zero-order chi connectivity index (χ0) is 20.2. The Morgan fingerprint density at radius 2 is 1.72 bits per heavy atom. The Hall–Kier alpha value is -2.08. The monoisotopic (exact) mass is 399 g/mol. The van der Waals surface area contributed by atoms with Crippen molar-refractivity contribution in [2.75, 3.05) is 33.3 Å². The summed E-state index contributed by atoms with van der Waals surface area (Å²) in [5.74, 6) is 1.93. The van der Waals surface area contributed by atoms with Gasteiger partial charge in [0.1, 0.15) is 5.75 Å². The highest BCUT2D eigenvalue weighted by molar-refractivity contribution is 5.83. The van der Waals surface area contributed by atoms with Gasteiger partial charge in [-0.1, -0.05) is 25.0 Å². The number of amides is 2. The van der Waals surface area contributed by atoms with Crippen LogP contribution >= 0.6 is 0 Å². The molecule has 3 fully saturated rings. The molecule has 0 bridgehead atoms. The molecule has 29 heavy (non-hydrogen) atoms. The van der Waals surface area contributed by atoms with Crippen molar-refractivity contribution in [2.45, 2.75) is 57.0 Å². The minimum atomic E-state index is -0.0135. The molecule has 2 aliphatic heterocycles. The maximum Gasteiger partial charge on any atom is 0.239 e. The van der Waals surface area contributed by atoms with Crippen LogP contribution in [0, 0.1) is 5.92 Å². The van der Waals surface area contributed by atoms with Gasteiger partial charge in [-0.25, -0.2) is 0 Å². The molecule has 3 aliphatic rings. The van der Waals surface area contributed by atoms with Gasteiger partial charge >= 0.3 is 0 Å². The van der Waals surface area contributed by atoms with Crippen LogP contribution < -0.4 is 10.1 Å². The van der Waals surface area contributed by atoms with E-state index in [4.69, 9.17) is 4.74 Å². The molecule has 1 N–H and O–H groups in total. The minimum absolute atomic E-state index is 0.0135. The molecule has 0 aromatic heterocycles. The molecule has 0 radical (unpaired) electrons. The maximum absolute atomic E-state index is 12.9. The smallest absolute Gasteiger partial charge is 0.239 e. The molecular formula is C23H33N3O3. The number of nitrogens with one attached hydrogen (secondary N) is 1. The van der Waals surface area contributed by atoms with Crippen molar-refractivity contribution in [3.05, 3.63) is 29.8 Å². The molecule has 6 heteroatoms. The number of nitrogens with zero attached hydrogens (tertiary/aromatic N) is 2. The summed E-state index contributed by atoms with van der Waals surface area (Å²) in [6, 6.07) is 8.40. The lowest BCUT2D eigenvalue weighted by Gasteiger charge is -2.36. The first-order valence-corrected chi connectivity index (χ1v) is 11.1. The highest BCUT2D eigenvalue weighted by Gasteiger charge is 2.40. The first-order valence-electron chi connectivity index (χ1n) is 11.1. The van der Waals surface area contributed by atoms with Crippen LogP contribution in [0.1, 0.15) is 44.1 Å². The van der Waals surface area contributed by atoms with Crippen LogP contribution in [0.15, 0.2) is 24.3 Å². The van der Waals surface area contributed by atoms with Crippen molar-refractivity contribution < 1.29 is 14.3 Å². The van der Waals surface area contributed by atoms with E-state index in [0.717, 1.165) is 24.2 Å². The lowest BCUT2D eigenvalue weighted by molar-refractivity contribution is -0.140. The number of ether oxygens (including phenoxy) is 1. The van der Waals surface area contributed by atoms with E-state index in [2.05, 4.69) is 5.32 Å². The van der Waals surface area contributed by atoms with Gasteiger partial charge in [-0.2, -0.15) is 0 Å². The summed E-state index contributed by atoms with van der Waals surface area (Å²) in [5, 5.41) is 3.59. The van der Waals surface area contributed by atoms with E-state index in [9.17, 15) is 9.59 Å². The molecule has 4 rings (SSSR count). The van der Waals surface area contributed by atoms with Gasteiger partial charge in [0, 0.05) is 38.6 Å². The van der Waals surface area contributed by atoms with Crippen LogP contribution in [0.3, 0.4) is 0 Å². The number of benzene rings is 1. The number of fused-ring (bicyclic) bond motifs is 1. The zero-order valence-corrected chi connectivity index (χ0v) is 17.4. The first kappa shape index (κ1) is 20.2. The van der Waals surface area contributed by atoms with Crippen molar-refractivity contribution in [3.63, 3.8) is 0 Å². The second kappa shape index (κ2) is 9.16. The van der Waals surface area contributed by atoms with Crippen LogP contribution in [-0.4, -0.2) is 67.0 Å². The minimum Gasteiger partial charge on any atom is -0.497 e. The molecule has 0 spiro atoms. The van der Waals surface area contributed by atoms with Crippen molar-refractivity contribution in [2.24, 2.45) is 5.92 Å². The zero-order valence-electron chi connectivity index (χ0n) is 17.4. The predicted molar refractivity (Wildman–Crippen MR) is 112 cm³/mol. The van der Waals surface area contributed by atoms with Crippen molar-refractivity contribution in [1.29, 1.82) is 0 Å². The van der Waals surface area contributed by atoms with Gasteiger partial charge in [-0.05, 0) is 49.3 Å². The fraction of sp³-hybridized carbons (Fsp3) is 0.652. The fourth-order valence-corrected chi connectivity index (χ4v) is 5.11. The average Bonchev–Trinajstić information content (AvgIpc) is 3.22. The summed E-state index contributed by atoms with van der Waals surface area (Å²) >= 11 is 0. The van der Waals surface area contributed by atoms with Gasteiger partial charge < -0.3 is 19.9 Å². The quantitative estimate of drug-likeness (QED) is 0.825. The van der Waals surface area contributed by atoms with E-state index < -0.39 is 0 Å². The van der Waals surface area contributed by atoms with E-state index in [-0.39, 0.29) is 17.9 Å². The predicted octanol–water partition coefficient (Wildman–Crippen LogP) is 2.22. The lowest BCUT2D eigenvalue weighted by atomic mass is 9.85. The highest BCUT2D eigenvalue weighted by atomic mass is 16.5. The summed E-state index contributed by atoms with van der Waals surface area (Å²) in [4.78, 5) is 29.4. The average molecular weight is 400 g/mol. The molecule has 2 amide bonds. The summed E-state index contributed by atoms with van der Waals surface area (Å²) in [5.41, 5.74) is 1.14. The van der Waals surface area contributed by atoms with E-state index in [0.29, 0.717) is 44.6 Å². The maximum atomic E-state index is 12.9. The first-order chi connectivity index (χ1) is 14.1. The highest BCUT2D eigenvalue weighted by Crippen LogP contribution is 2.33. The van der Waals surface area contributed by atoms with Gasteiger partial charge in [0.2, 0.25) is 11.8 Å². The molecule has 3 unspecified atom stereocenters. The Bertz CT molecular complexity index is 699. The summed E-state index contributed by atoms with van der Waals surface area (Å²) in [7, 11) is 1.65. The summed E-state index contributed by atoms with van der Waals surface area (Å²) < 4.78 is 5.17. The molecule has 6 nitrogen and oxygen atoms in total. The van der Waals surface area contributed by atoms with Crippen LogP contribution in [-0.2, 0) is 16.0 Å². The Morgan fingerprint density at radius 1 is 1.03 bits per heavy atom. The van der Waals surface area contributed by atoms with E-state index in [1.54, 1.807) is 7.11 Å². The molecular weight excluding hydrogens is 366 g/mol. The molecule has 2 saturated heterocycles. The van der Waals surface area contributed by atoms with Gasteiger partial charge in [0.05, 0.1) is 13.2 Å². The topological polar surface area (TPSA) is 61.9 Å². The van der Waals surface area contributed by atoms with Gasteiger partial charge in [-0.15, -0.1) is 0 Å². The summed E-state index contributed by atoms with van der Waals surface area (Å²) in [6.45, 7) is 2.60. The van der Waals surface area contributed by atoms with Gasteiger partial charge in [-0.3, -0.25) is 9.59 Å². The van der Waals surface area contributed by atoms with E-state index >= 15 is 0 Å². The standard InChI is InChI=1S/C23H33N3O3/c1-29-19-9-6-17(7-10-19)8-11-22(27)25-12-14-26(15-13-25)23(28)21-16-18-4-2-3-5-20(18)24-21/h6-7,9-10,18,20-21,24H,2-5,8,11-16H2,1H3. The number of rotatable bonds is 5. The Kier molecular flexibility index (Phi) is 6.38. The SMILES string of the molecule is COc1ccc(CCC(=O)N2CCN(C(=O)C3CC4CCCCC4N3)CC2)cc1. The number of piperazine rings is 1. The van der Waals surface area contributed by atoms with E-state index in [1.807, 2.05) is 34.1 Å². The molecule has 1 aromatic rings. The molecule has 1 aromatic carbocycles. The van der Waals surface area contributed by atoms with Crippen LogP contribution in [0.25, 0.3) is 0 Å². The number of aryl methyl sites for hydroxylation is 1. The van der Waals surface area contributed by atoms with Crippen molar-refractivity contribution >= 4 is 11.8 Å². The lowest BCUT2D eigenvalue weighted by Crippen LogP contribution is -2.54. The van der Waals surface area contributed by atoms with Crippen molar-refractivity contribution in [1.82, 2.24) is 15.1 Å². The van der Waals surface area contributed by atoms with Crippen LogP contribution in [0.4, 0.5) is 0 Å². The third-order valence-electron chi connectivity index (χ3n) is 6.89. The molecule has 1 saturated carbocycles. The Labute approximate surface area is 173 Å². The number of hydrogen-bond donors (Lipinski definition) is 1. The van der Waals surface area contributed by atoms with Crippen LogP contribution in [0.5, 0.6) is 5.75 Å².